The second-order valence-corrected chi connectivity index (χ2v) is 4.53. The SMILES string of the molecule is C=CCC1=C[C@H]2C[C@H]1[C@@H]1C(=O)OC(=O)[C@@H]12. The lowest BCUT2D eigenvalue weighted by Gasteiger charge is -2.19. The van der Waals surface area contributed by atoms with Crippen LogP contribution in [0.15, 0.2) is 24.3 Å². The van der Waals surface area contributed by atoms with Crippen molar-refractivity contribution >= 4 is 11.9 Å². The van der Waals surface area contributed by atoms with Crippen molar-refractivity contribution in [2.75, 3.05) is 0 Å². The van der Waals surface area contributed by atoms with Gasteiger partial charge in [-0.25, -0.2) is 0 Å². The number of esters is 2. The molecule has 3 heteroatoms. The smallest absolute Gasteiger partial charge is 0.318 e. The van der Waals surface area contributed by atoms with E-state index in [1.165, 1.54) is 5.57 Å². The Kier molecular flexibility index (Phi) is 1.67. The van der Waals surface area contributed by atoms with Crippen LogP contribution >= 0.6 is 0 Å². The van der Waals surface area contributed by atoms with Crippen LogP contribution in [0.4, 0.5) is 0 Å². The minimum atomic E-state index is -0.314. The zero-order valence-electron chi connectivity index (χ0n) is 8.31. The Bertz CT molecular complexity index is 394. The van der Waals surface area contributed by atoms with Crippen LogP contribution in [0.2, 0.25) is 0 Å². The molecule has 0 amide bonds. The van der Waals surface area contributed by atoms with Gasteiger partial charge in [-0.2, -0.15) is 0 Å². The van der Waals surface area contributed by atoms with Crippen molar-refractivity contribution in [3.63, 3.8) is 0 Å². The number of ether oxygens (including phenoxy) is 1. The fraction of sp³-hybridized carbons (Fsp3) is 0.500. The van der Waals surface area contributed by atoms with Crippen LogP contribution in [0.3, 0.4) is 0 Å². The van der Waals surface area contributed by atoms with Crippen LogP contribution in [0.5, 0.6) is 0 Å². The molecular weight excluding hydrogens is 192 g/mol. The Morgan fingerprint density at radius 1 is 1.40 bits per heavy atom. The Morgan fingerprint density at radius 2 is 2.13 bits per heavy atom. The van der Waals surface area contributed by atoms with Gasteiger partial charge in [0.1, 0.15) is 0 Å². The molecule has 2 aliphatic carbocycles. The number of hydrogen-bond acceptors (Lipinski definition) is 3. The van der Waals surface area contributed by atoms with Gasteiger partial charge in [0.15, 0.2) is 0 Å². The second-order valence-electron chi connectivity index (χ2n) is 4.53. The van der Waals surface area contributed by atoms with Gasteiger partial charge in [0.05, 0.1) is 11.8 Å². The molecule has 2 fully saturated rings. The highest BCUT2D eigenvalue weighted by molar-refractivity contribution is 5.98. The van der Waals surface area contributed by atoms with E-state index in [-0.39, 0.29) is 35.6 Å². The summed E-state index contributed by atoms with van der Waals surface area (Å²) in [5.41, 5.74) is 1.27. The van der Waals surface area contributed by atoms with E-state index in [0.717, 1.165) is 12.8 Å². The van der Waals surface area contributed by atoms with Gasteiger partial charge in [-0.3, -0.25) is 9.59 Å². The molecule has 15 heavy (non-hydrogen) atoms. The Labute approximate surface area is 87.8 Å². The van der Waals surface area contributed by atoms with Crippen LogP contribution in [-0.2, 0) is 14.3 Å². The third kappa shape index (κ3) is 1.01. The van der Waals surface area contributed by atoms with E-state index in [4.69, 9.17) is 4.74 Å². The first-order chi connectivity index (χ1) is 7.22. The lowest BCUT2D eigenvalue weighted by molar-refractivity contribution is -0.154. The molecule has 4 atom stereocenters. The number of allylic oxidation sites excluding steroid dienone is 3. The molecule has 3 aliphatic rings. The molecule has 0 aromatic heterocycles. The Morgan fingerprint density at radius 3 is 2.87 bits per heavy atom. The average Bonchev–Trinajstić information content (AvgIpc) is 2.80. The molecule has 2 bridgehead atoms. The first-order valence-corrected chi connectivity index (χ1v) is 5.29. The van der Waals surface area contributed by atoms with E-state index in [1.807, 2.05) is 6.08 Å². The fourth-order valence-electron chi connectivity index (χ4n) is 3.31. The van der Waals surface area contributed by atoms with Crippen LogP contribution in [0.25, 0.3) is 0 Å². The number of cyclic esters (lactones) is 2. The molecule has 0 aromatic rings. The number of carbonyl (C=O) groups excluding carboxylic acids is 2. The topological polar surface area (TPSA) is 43.4 Å². The van der Waals surface area contributed by atoms with E-state index in [0.29, 0.717) is 0 Å². The molecule has 78 valence electrons. The van der Waals surface area contributed by atoms with Crippen molar-refractivity contribution in [2.45, 2.75) is 12.8 Å². The third-order valence-corrected chi connectivity index (χ3v) is 3.84. The van der Waals surface area contributed by atoms with Crippen molar-refractivity contribution < 1.29 is 14.3 Å². The van der Waals surface area contributed by atoms with Crippen LogP contribution in [-0.4, -0.2) is 11.9 Å². The van der Waals surface area contributed by atoms with Gasteiger partial charge in [0.2, 0.25) is 0 Å². The van der Waals surface area contributed by atoms with Crippen molar-refractivity contribution in [2.24, 2.45) is 23.7 Å². The lowest BCUT2D eigenvalue weighted by Crippen LogP contribution is -2.24. The summed E-state index contributed by atoms with van der Waals surface area (Å²) in [4.78, 5) is 22.9. The zero-order valence-corrected chi connectivity index (χ0v) is 8.31. The molecule has 3 nitrogen and oxygen atoms in total. The highest BCUT2D eigenvalue weighted by atomic mass is 16.6. The summed E-state index contributed by atoms with van der Waals surface area (Å²) in [7, 11) is 0. The van der Waals surface area contributed by atoms with E-state index in [1.54, 1.807) is 0 Å². The maximum absolute atomic E-state index is 11.5. The van der Waals surface area contributed by atoms with Crippen molar-refractivity contribution in [1.82, 2.24) is 0 Å². The predicted octanol–water partition coefficient (Wildman–Crippen LogP) is 1.45. The molecule has 0 radical (unpaired) electrons. The van der Waals surface area contributed by atoms with E-state index < -0.39 is 0 Å². The summed E-state index contributed by atoms with van der Waals surface area (Å²) in [5.74, 6) is -0.539. The highest BCUT2D eigenvalue weighted by Crippen LogP contribution is 2.55. The molecule has 0 unspecified atom stereocenters. The van der Waals surface area contributed by atoms with Crippen molar-refractivity contribution in [3.8, 4) is 0 Å². The number of rotatable bonds is 2. The van der Waals surface area contributed by atoms with Gasteiger partial charge in [-0.1, -0.05) is 17.7 Å². The van der Waals surface area contributed by atoms with Gasteiger partial charge in [-0.05, 0) is 24.7 Å². The van der Waals surface area contributed by atoms with Crippen LogP contribution in [0, 0.1) is 23.7 Å². The summed E-state index contributed by atoms with van der Waals surface area (Å²) in [6.07, 6.45) is 5.77. The number of fused-ring (bicyclic) bond motifs is 5. The summed E-state index contributed by atoms with van der Waals surface area (Å²) in [6, 6.07) is 0. The quantitative estimate of drug-likeness (QED) is 0.388. The Hall–Kier alpha value is -1.38. The van der Waals surface area contributed by atoms with Crippen LogP contribution < -0.4 is 0 Å². The number of carbonyl (C=O) groups is 2. The maximum atomic E-state index is 11.5. The first-order valence-electron chi connectivity index (χ1n) is 5.29. The predicted molar refractivity (Wildman–Crippen MR) is 52.6 cm³/mol. The zero-order chi connectivity index (χ0) is 10.6. The summed E-state index contributed by atoms with van der Waals surface area (Å²) >= 11 is 0. The molecular formula is C12H12O3. The maximum Gasteiger partial charge on any atom is 0.318 e. The Balaban J connectivity index is 1.96. The van der Waals surface area contributed by atoms with Gasteiger partial charge >= 0.3 is 11.9 Å². The third-order valence-electron chi connectivity index (χ3n) is 3.84. The van der Waals surface area contributed by atoms with Gasteiger partial charge in [0, 0.05) is 0 Å². The summed E-state index contributed by atoms with van der Waals surface area (Å²) in [6.45, 7) is 3.70. The monoisotopic (exact) mass is 204 g/mol. The largest absolute Gasteiger partial charge is 0.393 e. The first kappa shape index (κ1) is 8.89. The molecule has 3 rings (SSSR count). The molecule has 0 aromatic carbocycles. The normalized spacial score (nSPS) is 41.5. The highest BCUT2D eigenvalue weighted by Gasteiger charge is 2.59. The van der Waals surface area contributed by atoms with E-state index in [2.05, 4.69) is 12.7 Å². The molecule has 1 saturated carbocycles. The second kappa shape index (κ2) is 2.81. The minimum Gasteiger partial charge on any atom is -0.393 e. The fourth-order valence-corrected chi connectivity index (χ4v) is 3.31. The van der Waals surface area contributed by atoms with Crippen molar-refractivity contribution in [1.29, 1.82) is 0 Å². The minimum absolute atomic E-state index is 0.184. The van der Waals surface area contributed by atoms with Gasteiger partial charge in [0.25, 0.3) is 0 Å². The molecule has 1 heterocycles. The summed E-state index contributed by atoms with van der Waals surface area (Å²) < 4.78 is 4.70. The molecule has 0 N–H and O–H groups in total. The van der Waals surface area contributed by atoms with E-state index >= 15 is 0 Å². The lowest BCUT2D eigenvalue weighted by atomic mass is 9.80. The van der Waals surface area contributed by atoms with Crippen molar-refractivity contribution in [3.05, 3.63) is 24.3 Å². The number of hydrogen-bond donors (Lipinski definition) is 0. The summed E-state index contributed by atoms with van der Waals surface area (Å²) in [5, 5.41) is 0. The van der Waals surface area contributed by atoms with Gasteiger partial charge < -0.3 is 4.74 Å². The molecule has 0 spiro atoms. The van der Waals surface area contributed by atoms with Crippen LogP contribution in [0.1, 0.15) is 12.8 Å². The molecule has 1 aliphatic heterocycles. The standard InChI is InChI=1S/C12H12O3/c1-2-3-6-4-7-5-8(6)10-9(7)11(13)15-12(10)14/h2,4,7-10H,1,3,5H2/t7-,8+,9+,10-/m0/s1. The van der Waals surface area contributed by atoms with Gasteiger partial charge in [-0.15, -0.1) is 6.58 Å². The average molecular weight is 204 g/mol. The van der Waals surface area contributed by atoms with E-state index in [9.17, 15) is 9.59 Å². The molecule has 1 saturated heterocycles.